The Hall–Kier alpha value is -2.48. The lowest BCUT2D eigenvalue weighted by atomic mass is 10.0. The Balaban J connectivity index is 3.05. The van der Waals surface area contributed by atoms with Crippen molar-refractivity contribution < 1.29 is 28.9 Å². The predicted molar refractivity (Wildman–Crippen MR) is 116 cm³/mol. The first-order valence-electron chi connectivity index (χ1n) is 10.1. The maximum absolute atomic E-state index is 12.4. The van der Waals surface area contributed by atoms with Crippen LogP contribution in [-0.4, -0.2) is 54.7 Å². The van der Waals surface area contributed by atoms with Gasteiger partial charge in [0.05, 0.1) is 20.1 Å². The van der Waals surface area contributed by atoms with E-state index in [4.69, 9.17) is 19.3 Å². The molecule has 0 fully saturated rings. The second-order valence-corrected chi connectivity index (χ2v) is 9.01. The summed E-state index contributed by atoms with van der Waals surface area (Å²) in [6.45, 7) is 11.1. The number of carbonyl (C=O) groups excluding carboxylic acids is 2. The van der Waals surface area contributed by atoms with Crippen LogP contribution in [-0.2, 0) is 20.7 Å². The Morgan fingerprint density at radius 2 is 1.70 bits per heavy atom. The molecule has 1 atom stereocenters. The molecule has 8 heteroatoms. The highest BCUT2D eigenvalue weighted by Crippen LogP contribution is 2.25. The number of benzene rings is 1. The van der Waals surface area contributed by atoms with Crippen LogP contribution in [0.5, 0.6) is 5.75 Å². The summed E-state index contributed by atoms with van der Waals surface area (Å²) in [6.07, 6.45) is -0.297. The molecular formula is C22H36N2O6. The Labute approximate surface area is 179 Å². The van der Waals surface area contributed by atoms with Gasteiger partial charge in [0.2, 0.25) is 0 Å². The van der Waals surface area contributed by atoms with E-state index >= 15 is 0 Å². The topological polar surface area (TPSA) is 106 Å². The molecule has 0 aromatic heterocycles. The van der Waals surface area contributed by atoms with Gasteiger partial charge in [0.15, 0.2) is 0 Å². The zero-order valence-electron chi connectivity index (χ0n) is 19.1. The lowest BCUT2D eigenvalue weighted by Gasteiger charge is -2.25. The molecule has 0 spiro atoms. The number of aliphatic hydroxyl groups is 1. The number of amides is 1. The van der Waals surface area contributed by atoms with Gasteiger partial charge in [-0.3, -0.25) is 4.79 Å². The SMILES string of the molecule is COc1ccc(NCCO)cc1C[C@@H](CC(=O)OC(C)(C)C)NC(=O)OC(C)(C)C. The van der Waals surface area contributed by atoms with Crippen LogP contribution in [0.25, 0.3) is 0 Å². The average Bonchev–Trinajstić information content (AvgIpc) is 2.56. The number of methoxy groups -OCH3 is 1. The van der Waals surface area contributed by atoms with Crippen LogP contribution in [0.3, 0.4) is 0 Å². The van der Waals surface area contributed by atoms with Gasteiger partial charge in [-0.05, 0) is 71.7 Å². The minimum Gasteiger partial charge on any atom is -0.496 e. The molecule has 0 bridgehead atoms. The van der Waals surface area contributed by atoms with E-state index in [-0.39, 0.29) is 13.0 Å². The standard InChI is InChI=1S/C22H36N2O6/c1-21(2,3)29-19(26)14-17(24-20(27)30-22(4,5)6)13-15-12-16(23-10-11-25)8-9-18(15)28-7/h8-9,12,17,23,25H,10-11,13-14H2,1-7H3,(H,24,27)/t17-/m0/s1. The molecule has 0 aliphatic carbocycles. The second-order valence-electron chi connectivity index (χ2n) is 9.01. The summed E-state index contributed by atoms with van der Waals surface area (Å²) in [5, 5.41) is 14.9. The van der Waals surface area contributed by atoms with E-state index in [1.165, 1.54) is 0 Å². The molecule has 0 saturated carbocycles. The molecule has 1 aromatic carbocycles. The molecule has 8 nitrogen and oxygen atoms in total. The van der Waals surface area contributed by atoms with Crippen molar-refractivity contribution >= 4 is 17.7 Å². The third-order valence-corrected chi connectivity index (χ3v) is 3.74. The molecular weight excluding hydrogens is 388 g/mol. The molecule has 0 heterocycles. The minimum absolute atomic E-state index is 0.00281. The first kappa shape index (κ1) is 25.6. The molecule has 30 heavy (non-hydrogen) atoms. The molecule has 0 saturated heterocycles. The Morgan fingerprint density at radius 1 is 1.07 bits per heavy atom. The Morgan fingerprint density at radius 3 is 2.23 bits per heavy atom. The fraction of sp³-hybridized carbons (Fsp3) is 0.636. The number of hydrogen-bond acceptors (Lipinski definition) is 7. The summed E-state index contributed by atoms with van der Waals surface area (Å²) >= 11 is 0. The third-order valence-electron chi connectivity index (χ3n) is 3.74. The van der Waals surface area contributed by atoms with Crippen LogP contribution >= 0.6 is 0 Å². The van der Waals surface area contributed by atoms with Gasteiger partial charge in [0, 0.05) is 18.3 Å². The maximum Gasteiger partial charge on any atom is 0.407 e. The van der Waals surface area contributed by atoms with Crippen LogP contribution in [0.2, 0.25) is 0 Å². The zero-order chi connectivity index (χ0) is 22.9. The number of alkyl carbamates (subject to hydrolysis) is 1. The van der Waals surface area contributed by atoms with Gasteiger partial charge in [0.25, 0.3) is 0 Å². The molecule has 1 aromatic rings. The molecule has 3 N–H and O–H groups in total. The van der Waals surface area contributed by atoms with Crippen molar-refractivity contribution in [3.63, 3.8) is 0 Å². The molecule has 1 rings (SSSR count). The summed E-state index contributed by atoms with van der Waals surface area (Å²) in [4.78, 5) is 24.7. The normalized spacial score (nSPS) is 12.7. The van der Waals surface area contributed by atoms with Crippen molar-refractivity contribution in [3.8, 4) is 5.75 Å². The number of esters is 1. The van der Waals surface area contributed by atoms with Crippen molar-refractivity contribution in [1.82, 2.24) is 5.32 Å². The van der Waals surface area contributed by atoms with Gasteiger partial charge in [-0.1, -0.05) is 0 Å². The third kappa shape index (κ3) is 10.3. The van der Waals surface area contributed by atoms with Crippen molar-refractivity contribution in [2.45, 2.75) is 71.6 Å². The van der Waals surface area contributed by atoms with Crippen LogP contribution in [0.4, 0.5) is 10.5 Å². The second kappa shape index (κ2) is 11.1. The summed E-state index contributed by atoms with van der Waals surface area (Å²) in [7, 11) is 1.56. The van der Waals surface area contributed by atoms with E-state index in [1.807, 2.05) is 12.1 Å². The predicted octanol–water partition coefficient (Wildman–Crippen LogP) is 3.27. The van der Waals surface area contributed by atoms with Gasteiger partial charge >= 0.3 is 12.1 Å². The van der Waals surface area contributed by atoms with Crippen LogP contribution < -0.4 is 15.4 Å². The zero-order valence-corrected chi connectivity index (χ0v) is 19.1. The first-order valence-corrected chi connectivity index (χ1v) is 10.1. The van der Waals surface area contributed by atoms with Crippen LogP contribution in [0.1, 0.15) is 53.5 Å². The number of rotatable bonds is 9. The highest BCUT2D eigenvalue weighted by molar-refractivity contribution is 5.73. The number of ether oxygens (including phenoxy) is 3. The number of nitrogens with one attached hydrogen (secondary N) is 2. The summed E-state index contributed by atoms with van der Waals surface area (Å²) in [6, 6.07) is 4.94. The maximum atomic E-state index is 12.4. The Kier molecular flexibility index (Phi) is 9.42. The molecule has 0 radical (unpaired) electrons. The van der Waals surface area contributed by atoms with E-state index in [2.05, 4.69) is 10.6 Å². The lowest BCUT2D eigenvalue weighted by molar-refractivity contribution is -0.155. The van der Waals surface area contributed by atoms with Gasteiger partial charge in [-0.25, -0.2) is 4.79 Å². The van der Waals surface area contributed by atoms with E-state index in [9.17, 15) is 9.59 Å². The smallest absolute Gasteiger partial charge is 0.407 e. The van der Waals surface area contributed by atoms with Crippen molar-refractivity contribution in [2.75, 3.05) is 25.6 Å². The van der Waals surface area contributed by atoms with Crippen LogP contribution in [0.15, 0.2) is 18.2 Å². The molecule has 1 amide bonds. The first-order chi connectivity index (χ1) is 13.8. The molecule has 0 aliphatic heterocycles. The number of anilines is 1. The van der Waals surface area contributed by atoms with Gasteiger partial charge < -0.3 is 30.0 Å². The van der Waals surface area contributed by atoms with Gasteiger partial charge in [-0.15, -0.1) is 0 Å². The highest BCUT2D eigenvalue weighted by Gasteiger charge is 2.25. The van der Waals surface area contributed by atoms with E-state index in [0.717, 1.165) is 11.3 Å². The van der Waals surface area contributed by atoms with Crippen molar-refractivity contribution in [2.24, 2.45) is 0 Å². The van der Waals surface area contributed by atoms with Crippen LogP contribution in [0, 0.1) is 0 Å². The van der Waals surface area contributed by atoms with Gasteiger partial charge in [-0.2, -0.15) is 0 Å². The molecule has 0 unspecified atom stereocenters. The van der Waals surface area contributed by atoms with Gasteiger partial charge in [0.1, 0.15) is 17.0 Å². The number of carbonyl (C=O) groups is 2. The van der Waals surface area contributed by atoms with Crippen molar-refractivity contribution in [3.05, 3.63) is 23.8 Å². The monoisotopic (exact) mass is 424 g/mol. The largest absolute Gasteiger partial charge is 0.496 e. The highest BCUT2D eigenvalue weighted by atomic mass is 16.6. The fourth-order valence-corrected chi connectivity index (χ4v) is 2.75. The number of hydrogen-bond donors (Lipinski definition) is 3. The molecule has 170 valence electrons. The summed E-state index contributed by atoms with van der Waals surface area (Å²) in [5.41, 5.74) is 0.310. The summed E-state index contributed by atoms with van der Waals surface area (Å²) in [5.74, 6) is 0.210. The van der Waals surface area contributed by atoms with E-state index in [1.54, 1.807) is 54.7 Å². The summed E-state index contributed by atoms with van der Waals surface area (Å²) < 4.78 is 16.2. The fourth-order valence-electron chi connectivity index (χ4n) is 2.75. The van der Waals surface area contributed by atoms with E-state index in [0.29, 0.717) is 18.7 Å². The van der Waals surface area contributed by atoms with Crippen molar-refractivity contribution in [1.29, 1.82) is 0 Å². The lowest BCUT2D eigenvalue weighted by Crippen LogP contribution is -2.42. The number of aliphatic hydroxyl groups excluding tert-OH is 1. The van der Waals surface area contributed by atoms with E-state index < -0.39 is 29.3 Å². The Bertz CT molecular complexity index is 677. The minimum atomic E-state index is -0.660. The average molecular weight is 425 g/mol. The molecule has 0 aliphatic rings. The quantitative estimate of drug-likeness (QED) is 0.522.